The van der Waals surface area contributed by atoms with E-state index in [4.69, 9.17) is 4.74 Å². The number of phenolic OH excluding ortho intramolecular Hbond substituents is 1. The molecule has 2 aromatic carbocycles. The second-order valence-electron chi connectivity index (χ2n) is 6.14. The Morgan fingerprint density at radius 2 is 1.92 bits per heavy atom. The lowest BCUT2D eigenvalue weighted by Crippen LogP contribution is -2.36. The number of carbonyl (C=O) groups excluding carboxylic acids is 1. The third-order valence-electron chi connectivity index (χ3n) is 4.45. The van der Waals surface area contributed by atoms with E-state index in [1.807, 2.05) is 30.3 Å². The summed E-state index contributed by atoms with van der Waals surface area (Å²) in [6.45, 7) is 1.28. The summed E-state index contributed by atoms with van der Waals surface area (Å²) in [5, 5.41) is 13.9. The summed E-state index contributed by atoms with van der Waals surface area (Å²) >= 11 is 0. The average molecular weight is 334 g/mol. The summed E-state index contributed by atoms with van der Waals surface area (Å²) in [5.74, 6) is 0.218. The number of hydrogen-bond acceptors (Lipinski definition) is 5. The Morgan fingerprint density at radius 1 is 1.08 bits per heavy atom. The Bertz CT molecular complexity index is 926. The number of carbonyl (C=O) groups is 1. The van der Waals surface area contributed by atoms with Crippen molar-refractivity contribution in [2.75, 3.05) is 13.1 Å². The van der Waals surface area contributed by atoms with Gasteiger partial charge in [-0.2, -0.15) is 0 Å². The van der Waals surface area contributed by atoms with Gasteiger partial charge in [0.1, 0.15) is 11.9 Å². The lowest BCUT2D eigenvalue weighted by molar-refractivity contribution is -0.0426. The molecule has 0 spiro atoms. The van der Waals surface area contributed by atoms with Crippen molar-refractivity contribution in [3.63, 3.8) is 0 Å². The maximum absolute atomic E-state index is 11.5. The van der Waals surface area contributed by atoms with Gasteiger partial charge in [0.15, 0.2) is 6.29 Å². The van der Waals surface area contributed by atoms with E-state index in [1.54, 1.807) is 24.3 Å². The summed E-state index contributed by atoms with van der Waals surface area (Å²) in [5.41, 5.74) is 3.04. The Kier molecular flexibility index (Phi) is 4.17. The fraction of sp³-hybridized carbons (Fsp3) is 0.200. The Labute approximate surface area is 145 Å². The number of morpholine rings is 1. The van der Waals surface area contributed by atoms with Crippen molar-refractivity contribution >= 4 is 17.2 Å². The first-order chi connectivity index (χ1) is 12.2. The molecule has 126 valence electrons. The summed E-state index contributed by atoms with van der Waals surface area (Å²) in [6.07, 6.45) is 0.416. The molecule has 2 atom stereocenters. The molecule has 1 aliphatic rings. The van der Waals surface area contributed by atoms with Crippen LogP contribution in [0.5, 0.6) is 5.75 Å². The van der Waals surface area contributed by atoms with Crippen LogP contribution in [0.4, 0.5) is 0 Å². The Hall–Kier alpha value is -2.76. The highest BCUT2D eigenvalue weighted by molar-refractivity contribution is 5.96. The molecule has 4 rings (SSSR count). The van der Waals surface area contributed by atoms with Crippen LogP contribution in [0, 0.1) is 0 Å². The van der Waals surface area contributed by atoms with Gasteiger partial charge in [0.2, 0.25) is 0 Å². The number of rotatable bonds is 3. The minimum Gasteiger partial charge on any atom is -0.508 e. The number of phenols is 1. The summed E-state index contributed by atoms with van der Waals surface area (Å²) in [4.78, 5) is 16.1. The number of para-hydroxylation sites is 1. The van der Waals surface area contributed by atoms with Gasteiger partial charge in [-0.25, -0.2) is 4.98 Å². The SMILES string of the molecule is O=Cc1cc(C2CNCC(c3cccc(O)c3)O2)nc2ccccc12. The molecule has 1 aliphatic heterocycles. The molecule has 5 nitrogen and oxygen atoms in total. The molecule has 0 bridgehead atoms. The van der Waals surface area contributed by atoms with Gasteiger partial charge in [0.25, 0.3) is 0 Å². The quantitative estimate of drug-likeness (QED) is 0.720. The molecule has 5 heteroatoms. The summed E-state index contributed by atoms with van der Waals surface area (Å²) < 4.78 is 6.21. The largest absolute Gasteiger partial charge is 0.508 e. The number of aldehydes is 1. The molecule has 1 saturated heterocycles. The molecule has 2 heterocycles. The number of ether oxygens (including phenoxy) is 1. The molecule has 1 fully saturated rings. The van der Waals surface area contributed by atoms with E-state index >= 15 is 0 Å². The number of fused-ring (bicyclic) bond motifs is 1. The number of benzene rings is 2. The number of pyridine rings is 1. The van der Waals surface area contributed by atoms with Gasteiger partial charge in [-0.1, -0.05) is 30.3 Å². The van der Waals surface area contributed by atoms with E-state index in [1.165, 1.54) is 0 Å². The first kappa shape index (κ1) is 15.7. The standard InChI is InChI=1S/C20H18N2O3/c23-12-14-9-18(22-17-7-2-1-6-16(14)17)20-11-21-10-19(25-20)13-4-3-5-15(24)8-13/h1-9,12,19-21,24H,10-11H2. The van der Waals surface area contributed by atoms with Crippen molar-refractivity contribution in [3.8, 4) is 5.75 Å². The lowest BCUT2D eigenvalue weighted by atomic mass is 10.0. The molecular formula is C20H18N2O3. The minimum atomic E-state index is -0.260. The third kappa shape index (κ3) is 3.12. The highest BCUT2D eigenvalue weighted by atomic mass is 16.5. The molecule has 2 N–H and O–H groups in total. The summed E-state index contributed by atoms with van der Waals surface area (Å²) in [7, 11) is 0. The van der Waals surface area contributed by atoms with Crippen LogP contribution in [-0.2, 0) is 4.74 Å². The predicted molar refractivity (Wildman–Crippen MR) is 94.7 cm³/mol. The molecule has 0 radical (unpaired) electrons. The average Bonchev–Trinajstić information content (AvgIpc) is 2.67. The van der Waals surface area contributed by atoms with Crippen molar-refractivity contribution in [1.82, 2.24) is 10.3 Å². The zero-order valence-electron chi connectivity index (χ0n) is 13.6. The number of nitrogens with zero attached hydrogens (tertiary/aromatic N) is 1. The molecular weight excluding hydrogens is 316 g/mol. The molecule has 3 aromatic rings. The molecule has 0 saturated carbocycles. The van der Waals surface area contributed by atoms with E-state index in [0.29, 0.717) is 18.7 Å². The normalized spacial score (nSPS) is 20.5. The van der Waals surface area contributed by atoms with Gasteiger partial charge in [0.05, 0.1) is 17.3 Å². The van der Waals surface area contributed by atoms with E-state index in [2.05, 4.69) is 10.3 Å². The Morgan fingerprint density at radius 3 is 2.76 bits per heavy atom. The van der Waals surface area contributed by atoms with Gasteiger partial charge < -0.3 is 15.2 Å². The van der Waals surface area contributed by atoms with E-state index in [-0.39, 0.29) is 18.0 Å². The maximum atomic E-state index is 11.5. The van der Waals surface area contributed by atoms with E-state index in [9.17, 15) is 9.90 Å². The van der Waals surface area contributed by atoms with Crippen molar-refractivity contribution in [1.29, 1.82) is 0 Å². The molecule has 0 amide bonds. The highest BCUT2D eigenvalue weighted by Crippen LogP contribution is 2.31. The fourth-order valence-electron chi connectivity index (χ4n) is 3.22. The maximum Gasteiger partial charge on any atom is 0.150 e. The van der Waals surface area contributed by atoms with Gasteiger partial charge in [-0.05, 0) is 29.8 Å². The van der Waals surface area contributed by atoms with Crippen LogP contribution < -0.4 is 5.32 Å². The van der Waals surface area contributed by atoms with Crippen molar-refractivity contribution in [3.05, 3.63) is 71.4 Å². The molecule has 1 aromatic heterocycles. The first-order valence-electron chi connectivity index (χ1n) is 8.24. The smallest absolute Gasteiger partial charge is 0.150 e. The minimum absolute atomic E-state index is 0.182. The molecule has 2 unspecified atom stereocenters. The van der Waals surface area contributed by atoms with Gasteiger partial charge in [0, 0.05) is 24.0 Å². The zero-order valence-corrected chi connectivity index (χ0v) is 13.6. The van der Waals surface area contributed by atoms with Crippen LogP contribution in [0.1, 0.15) is 33.8 Å². The zero-order chi connectivity index (χ0) is 17.2. The summed E-state index contributed by atoms with van der Waals surface area (Å²) in [6, 6.07) is 16.5. The van der Waals surface area contributed by atoms with Crippen LogP contribution in [0.2, 0.25) is 0 Å². The van der Waals surface area contributed by atoms with Crippen LogP contribution in [-0.4, -0.2) is 29.5 Å². The number of hydrogen-bond donors (Lipinski definition) is 2. The third-order valence-corrected chi connectivity index (χ3v) is 4.45. The monoisotopic (exact) mass is 334 g/mol. The van der Waals surface area contributed by atoms with Crippen molar-refractivity contribution in [2.24, 2.45) is 0 Å². The van der Waals surface area contributed by atoms with Gasteiger partial charge >= 0.3 is 0 Å². The number of aromatic nitrogens is 1. The second-order valence-corrected chi connectivity index (χ2v) is 6.14. The molecule has 25 heavy (non-hydrogen) atoms. The fourth-order valence-corrected chi connectivity index (χ4v) is 3.22. The van der Waals surface area contributed by atoms with Crippen LogP contribution >= 0.6 is 0 Å². The van der Waals surface area contributed by atoms with E-state index in [0.717, 1.165) is 28.4 Å². The van der Waals surface area contributed by atoms with Crippen molar-refractivity contribution < 1.29 is 14.6 Å². The number of nitrogens with one attached hydrogen (secondary N) is 1. The highest BCUT2D eigenvalue weighted by Gasteiger charge is 2.26. The lowest BCUT2D eigenvalue weighted by Gasteiger charge is -2.31. The molecule has 0 aliphatic carbocycles. The Balaban J connectivity index is 1.67. The predicted octanol–water partition coefficient (Wildman–Crippen LogP) is 3.16. The van der Waals surface area contributed by atoms with Crippen LogP contribution in [0.15, 0.2) is 54.6 Å². The topological polar surface area (TPSA) is 71.5 Å². The van der Waals surface area contributed by atoms with E-state index < -0.39 is 0 Å². The van der Waals surface area contributed by atoms with Crippen molar-refractivity contribution in [2.45, 2.75) is 12.2 Å². The first-order valence-corrected chi connectivity index (χ1v) is 8.24. The second kappa shape index (κ2) is 6.63. The van der Waals surface area contributed by atoms with Gasteiger partial charge in [-0.15, -0.1) is 0 Å². The number of aromatic hydroxyl groups is 1. The van der Waals surface area contributed by atoms with Gasteiger partial charge in [-0.3, -0.25) is 4.79 Å². The van der Waals surface area contributed by atoms with Crippen LogP contribution in [0.3, 0.4) is 0 Å². The van der Waals surface area contributed by atoms with Crippen LogP contribution in [0.25, 0.3) is 10.9 Å².